The molecule has 8 nitrogen and oxygen atoms in total. The van der Waals surface area contributed by atoms with Gasteiger partial charge < -0.3 is 25.8 Å². The lowest BCUT2D eigenvalue weighted by Crippen LogP contribution is -2.39. The van der Waals surface area contributed by atoms with Crippen LogP contribution in [0.4, 0.5) is 5.69 Å². The van der Waals surface area contributed by atoms with Crippen LogP contribution >= 0.6 is 0 Å². The van der Waals surface area contributed by atoms with E-state index in [1.54, 1.807) is 25.1 Å². The highest BCUT2D eigenvalue weighted by Crippen LogP contribution is 2.27. The third-order valence-corrected chi connectivity index (χ3v) is 6.02. The third kappa shape index (κ3) is 7.33. The van der Waals surface area contributed by atoms with Gasteiger partial charge in [-0.25, -0.2) is 0 Å². The Bertz CT molecular complexity index is 787. The molecule has 31 heavy (non-hydrogen) atoms. The molecule has 2 fully saturated rings. The van der Waals surface area contributed by atoms with Crippen LogP contribution in [0.25, 0.3) is 0 Å². The molecule has 0 spiro atoms. The van der Waals surface area contributed by atoms with Crippen molar-refractivity contribution in [1.29, 1.82) is 0 Å². The van der Waals surface area contributed by atoms with Crippen LogP contribution in [0, 0.1) is 24.7 Å². The summed E-state index contributed by atoms with van der Waals surface area (Å²) in [7, 11) is 0. The largest absolute Gasteiger partial charge is 0.396 e. The number of hydrogen-bond acceptors (Lipinski definition) is 5. The molecule has 1 unspecified atom stereocenters. The lowest BCUT2D eigenvalue weighted by molar-refractivity contribution is -0.136. The van der Waals surface area contributed by atoms with Gasteiger partial charge in [-0.2, -0.15) is 0 Å². The molecular weight excluding hydrogens is 398 g/mol. The van der Waals surface area contributed by atoms with E-state index >= 15 is 0 Å². The number of aliphatic hydroxyl groups excluding tert-OH is 1. The highest BCUT2D eigenvalue weighted by molar-refractivity contribution is 6.39. The molecule has 1 aromatic rings. The highest BCUT2D eigenvalue weighted by atomic mass is 16.5. The van der Waals surface area contributed by atoms with Crippen molar-refractivity contribution >= 4 is 23.4 Å². The number of carbonyl (C=O) groups is 3. The van der Waals surface area contributed by atoms with Crippen LogP contribution in [0.5, 0.6) is 0 Å². The Labute approximate surface area is 183 Å². The van der Waals surface area contributed by atoms with E-state index in [1.165, 1.54) is 0 Å². The van der Waals surface area contributed by atoms with Gasteiger partial charge in [0.15, 0.2) is 0 Å². The first-order chi connectivity index (χ1) is 15.0. The lowest BCUT2D eigenvalue weighted by Gasteiger charge is -2.25. The summed E-state index contributed by atoms with van der Waals surface area (Å²) in [6.07, 6.45) is 5.00. The molecule has 1 saturated heterocycles. The Kier molecular flexibility index (Phi) is 8.43. The van der Waals surface area contributed by atoms with Gasteiger partial charge in [-0.3, -0.25) is 14.4 Å². The molecule has 1 aromatic carbocycles. The van der Waals surface area contributed by atoms with Crippen molar-refractivity contribution in [3.05, 3.63) is 29.3 Å². The SMILES string of the molecule is Cc1ccc(C(=O)NCC2CC2)cc1NC(=O)C(=O)NCC(CO)CC1CCOCC1. The van der Waals surface area contributed by atoms with Crippen molar-refractivity contribution in [3.8, 4) is 0 Å². The zero-order valence-corrected chi connectivity index (χ0v) is 18.1. The first-order valence-corrected chi connectivity index (χ1v) is 11.1. The van der Waals surface area contributed by atoms with Gasteiger partial charge in [0.05, 0.1) is 0 Å². The number of anilines is 1. The molecule has 1 aliphatic heterocycles. The van der Waals surface area contributed by atoms with Crippen molar-refractivity contribution in [2.24, 2.45) is 17.8 Å². The number of carbonyl (C=O) groups excluding carboxylic acids is 3. The Morgan fingerprint density at radius 3 is 2.48 bits per heavy atom. The van der Waals surface area contributed by atoms with Crippen molar-refractivity contribution in [3.63, 3.8) is 0 Å². The molecule has 0 bridgehead atoms. The number of aliphatic hydroxyl groups is 1. The van der Waals surface area contributed by atoms with Crippen LogP contribution in [-0.4, -0.2) is 55.7 Å². The minimum atomic E-state index is -0.790. The van der Waals surface area contributed by atoms with Crippen LogP contribution in [0.1, 0.15) is 48.0 Å². The summed E-state index contributed by atoms with van der Waals surface area (Å²) in [6, 6.07) is 5.04. The van der Waals surface area contributed by atoms with Gasteiger partial charge in [0.2, 0.25) is 0 Å². The second-order valence-electron chi connectivity index (χ2n) is 8.69. The standard InChI is InChI=1S/C23H33N3O5/c1-15-2-5-19(21(28)24-12-17-3-4-17)11-20(15)26-23(30)22(29)25-13-18(14-27)10-16-6-8-31-9-7-16/h2,5,11,16-18,27H,3-4,6-10,12-14H2,1H3,(H,24,28)(H,25,29)(H,26,30). The molecule has 1 saturated carbocycles. The van der Waals surface area contributed by atoms with Gasteiger partial charge in [-0.05, 0) is 74.5 Å². The predicted molar refractivity (Wildman–Crippen MR) is 117 cm³/mol. The molecule has 8 heteroatoms. The minimum Gasteiger partial charge on any atom is -0.396 e. The predicted octanol–water partition coefficient (Wildman–Crippen LogP) is 1.61. The maximum Gasteiger partial charge on any atom is 0.313 e. The molecular formula is C23H33N3O5. The number of hydrogen-bond donors (Lipinski definition) is 4. The number of nitrogens with one attached hydrogen (secondary N) is 3. The molecule has 1 aliphatic carbocycles. The highest BCUT2D eigenvalue weighted by Gasteiger charge is 2.23. The zero-order valence-electron chi connectivity index (χ0n) is 18.1. The fourth-order valence-corrected chi connectivity index (χ4v) is 3.73. The maximum absolute atomic E-state index is 12.4. The lowest BCUT2D eigenvalue weighted by atomic mass is 9.89. The van der Waals surface area contributed by atoms with Crippen LogP contribution in [0.2, 0.25) is 0 Å². The normalized spacial score (nSPS) is 17.6. The number of amides is 3. The Morgan fingerprint density at radius 2 is 1.81 bits per heavy atom. The Hall–Kier alpha value is -2.45. The van der Waals surface area contributed by atoms with E-state index in [1.807, 2.05) is 0 Å². The van der Waals surface area contributed by atoms with Gasteiger partial charge in [0.1, 0.15) is 0 Å². The average molecular weight is 432 g/mol. The summed E-state index contributed by atoms with van der Waals surface area (Å²) in [6.45, 7) is 4.12. The quantitative estimate of drug-likeness (QED) is 0.443. The zero-order chi connectivity index (χ0) is 22.2. The summed E-state index contributed by atoms with van der Waals surface area (Å²) in [4.78, 5) is 36.9. The molecule has 170 valence electrons. The minimum absolute atomic E-state index is 0.0453. The second kappa shape index (κ2) is 11.2. The van der Waals surface area contributed by atoms with Gasteiger partial charge in [0.25, 0.3) is 5.91 Å². The first-order valence-electron chi connectivity index (χ1n) is 11.1. The fraction of sp³-hybridized carbons (Fsp3) is 0.609. The first kappa shape index (κ1) is 23.2. The number of aryl methyl sites for hydroxylation is 1. The van der Waals surface area contributed by atoms with Gasteiger partial charge in [-0.15, -0.1) is 0 Å². The molecule has 1 atom stereocenters. The summed E-state index contributed by atoms with van der Waals surface area (Å²) in [5.41, 5.74) is 1.63. The van der Waals surface area contributed by atoms with Crippen LogP contribution in [-0.2, 0) is 14.3 Å². The average Bonchev–Trinajstić information content (AvgIpc) is 3.61. The van der Waals surface area contributed by atoms with Gasteiger partial charge >= 0.3 is 11.8 Å². The van der Waals surface area contributed by atoms with Crippen molar-refractivity contribution < 1.29 is 24.2 Å². The van der Waals surface area contributed by atoms with E-state index in [2.05, 4.69) is 16.0 Å². The molecule has 4 N–H and O–H groups in total. The van der Waals surface area contributed by atoms with Crippen molar-refractivity contribution in [2.75, 3.05) is 38.2 Å². The molecule has 3 rings (SSSR count). The number of ether oxygens (including phenoxy) is 1. The van der Waals surface area contributed by atoms with Gasteiger partial charge in [0, 0.05) is 44.2 Å². The Balaban J connectivity index is 1.49. The summed E-state index contributed by atoms with van der Waals surface area (Å²) in [5.74, 6) is -0.792. The molecule has 3 amide bonds. The Morgan fingerprint density at radius 1 is 1.06 bits per heavy atom. The summed E-state index contributed by atoms with van der Waals surface area (Å²) >= 11 is 0. The van der Waals surface area contributed by atoms with Crippen molar-refractivity contribution in [2.45, 2.75) is 39.0 Å². The smallest absolute Gasteiger partial charge is 0.313 e. The molecule has 0 radical (unpaired) electrons. The molecule has 1 heterocycles. The van der Waals surface area contributed by atoms with E-state index in [0.29, 0.717) is 29.6 Å². The van der Waals surface area contributed by atoms with Crippen LogP contribution in [0.15, 0.2) is 18.2 Å². The maximum atomic E-state index is 12.4. The van der Waals surface area contributed by atoms with E-state index in [-0.39, 0.29) is 25.0 Å². The summed E-state index contributed by atoms with van der Waals surface area (Å²) < 4.78 is 5.35. The molecule has 0 aromatic heterocycles. The topological polar surface area (TPSA) is 117 Å². The monoisotopic (exact) mass is 431 g/mol. The number of rotatable bonds is 9. The van der Waals surface area contributed by atoms with Gasteiger partial charge in [-0.1, -0.05) is 6.07 Å². The van der Waals surface area contributed by atoms with Crippen molar-refractivity contribution in [1.82, 2.24) is 10.6 Å². The summed E-state index contributed by atoms with van der Waals surface area (Å²) in [5, 5.41) is 17.7. The van der Waals surface area contributed by atoms with E-state index < -0.39 is 11.8 Å². The molecule has 2 aliphatic rings. The van der Waals surface area contributed by atoms with Crippen LogP contribution < -0.4 is 16.0 Å². The third-order valence-electron chi connectivity index (χ3n) is 6.02. The van der Waals surface area contributed by atoms with E-state index in [9.17, 15) is 19.5 Å². The second-order valence-corrected chi connectivity index (χ2v) is 8.69. The fourth-order valence-electron chi connectivity index (χ4n) is 3.73. The van der Waals surface area contributed by atoms with Crippen LogP contribution in [0.3, 0.4) is 0 Å². The number of benzene rings is 1. The van der Waals surface area contributed by atoms with E-state index in [0.717, 1.165) is 50.9 Å². The van der Waals surface area contributed by atoms with E-state index in [4.69, 9.17) is 4.74 Å².